The minimum absolute atomic E-state index is 0.133. The molecule has 0 radical (unpaired) electrons. The summed E-state index contributed by atoms with van der Waals surface area (Å²) in [5, 5.41) is 16.3. The first-order valence-corrected chi connectivity index (χ1v) is 7.95. The number of nitrogens with one attached hydrogen (secondary N) is 1. The zero-order valence-electron chi connectivity index (χ0n) is 12.5. The van der Waals surface area contributed by atoms with Crippen molar-refractivity contribution in [2.45, 2.75) is 39.2 Å². The van der Waals surface area contributed by atoms with Crippen LogP contribution in [0.25, 0.3) is 0 Å². The lowest BCUT2D eigenvalue weighted by atomic mass is 9.78. The van der Waals surface area contributed by atoms with Gasteiger partial charge in [0.05, 0.1) is 18.4 Å². The van der Waals surface area contributed by atoms with Crippen LogP contribution < -0.4 is 5.32 Å². The van der Waals surface area contributed by atoms with Gasteiger partial charge in [0.1, 0.15) is 11.5 Å². The number of aromatic nitrogens is 1. The molecule has 3 fully saturated rings. The van der Waals surface area contributed by atoms with Gasteiger partial charge in [0.2, 0.25) is 5.91 Å². The molecule has 0 saturated heterocycles. The Kier molecular flexibility index (Phi) is 2.86. The molecule has 22 heavy (non-hydrogen) atoms. The molecule has 3 aliphatic rings. The third-order valence-corrected chi connectivity index (χ3v) is 6.06. The van der Waals surface area contributed by atoms with E-state index in [1.165, 1.54) is 0 Å². The van der Waals surface area contributed by atoms with Crippen molar-refractivity contribution >= 4 is 11.9 Å². The zero-order chi connectivity index (χ0) is 15.5. The number of amides is 1. The van der Waals surface area contributed by atoms with Gasteiger partial charge in [-0.2, -0.15) is 0 Å². The van der Waals surface area contributed by atoms with Gasteiger partial charge in [-0.1, -0.05) is 5.16 Å². The van der Waals surface area contributed by atoms with Crippen molar-refractivity contribution in [3.8, 4) is 0 Å². The number of rotatable bonds is 4. The number of carboxylic acids is 1. The Morgan fingerprint density at radius 2 is 2.05 bits per heavy atom. The highest BCUT2D eigenvalue weighted by atomic mass is 16.5. The Labute approximate surface area is 128 Å². The van der Waals surface area contributed by atoms with E-state index in [9.17, 15) is 14.7 Å². The maximum absolute atomic E-state index is 12.6. The number of hydrogen-bond acceptors (Lipinski definition) is 4. The minimum atomic E-state index is -0.809. The second kappa shape index (κ2) is 4.57. The van der Waals surface area contributed by atoms with Crippen molar-refractivity contribution in [1.82, 2.24) is 10.5 Å². The molecule has 1 amide bonds. The van der Waals surface area contributed by atoms with Gasteiger partial charge in [-0.05, 0) is 49.9 Å². The van der Waals surface area contributed by atoms with Crippen LogP contribution >= 0.6 is 0 Å². The van der Waals surface area contributed by atoms with Gasteiger partial charge in [0.25, 0.3) is 0 Å². The summed E-state index contributed by atoms with van der Waals surface area (Å²) in [4.78, 5) is 24.3. The minimum Gasteiger partial charge on any atom is -0.481 e. The quantitative estimate of drug-likeness (QED) is 0.884. The fourth-order valence-electron chi connectivity index (χ4n) is 5.14. The van der Waals surface area contributed by atoms with E-state index in [1.807, 2.05) is 0 Å². The van der Waals surface area contributed by atoms with Crippen LogP contribution in [-0.4, -0.2) is 22.1 Å². The predicted octanol–water partition coefficient (Wildman–Crippen LogP) is 1.74. The van der Waals surface area contributed by atoms with E-state index in [0.29, 0.717) is 18.0 Å². The van der Waals surface area contributed by atoms with E-state index in [-0.39, 0.29) is 29.1 Å². The highest BCUT2D eigenvalue weighted by Gasteiger charge is 2.71. The zero-order valence-corrected chi connectivity index (χ0v) is 12.5. The molecular formula is C16H20N2O4. The van der Waals surface area contributed by atoms with Gasteiger partial charge in [-0.3, -0.25) is 9.59 Å². The van der Waals surface area contributed by atoms with Crippen LogP contribution in [-0.2, 0) is 16.1 Å². The Balaban J connectivity index is 1.50. The molecule has 6 heteroatoms. The van der Waals surface area contributed by atoms with Gasteiger partial charge >= 0.3 is 5.97 Å². The first-order chi connectivity index (χ1) is 10.5. The Morgan fingerprint density at radius 3 is 2.59 bits per heavy atom. The monoisotopic (exact) mass is 304 g/mol. The molecule has 6 nitrogen and oxygen atoms in total. The Hall–Kier alpha value is -1.85. The normalized spacial score (nSPS) is 34.0. The summed E-state index contributed by atoms with van der Waals surface area (Å²) in [7, 11) is 0. The predicted molar refractivity (Wildman–Crippen MR) is 75.6 cm³/mol. The molecule has 0 aromatic carbocycles. The molecule has 3 saturated carbocycles. The maximum atomic E-state index is 12.6. The summed E-state index contributed by atoms with van der Waals surface area (Å²) in [6, 6.07) is 1.78. The number of aryl methyl sites for hydroxylation is 1. The molecule has 1 aromatic rings. The molecule has 118 valence electrons. The second-order valence-corrected chi connectivity index (χ2v) is 7.06. The Bertz CT molecular complexity index is 634. The van der Waals surface area contributed by atoms with Crippen LogP contribution in [0.3, 0.4) is 0 Å². The lowest BCUT2D eigenvalue weighted by Gasteiger charge is -2.26. The highest BCUT2D eigenvalue weighted by Crippen LogP contribution is 2.74. The molecule has 3 aliphatic carbocycles. The van der Waals surface area contributed by atoms with E-state index in [4.69, 9.17) is 4.52 Å². The van der Waals surface area contributed by atoms with Crippen molar-refractivity contribution in [2.75, 3.05) is 0 Å². The summed E-state index contributed by atoms with van der Waals surface area (Å²) >= 11 is 0. The number of nitrogens with zero attached hydrogens (tertiary/aromatic N) is 1. The Morgan fingerprint density at radius 1 is 1.36 bits per heavy atom. The lowest BCUT2D eigenvalue weighted by Crippen LogP contribution is -2.41. The number of carbonyl (C=O) groups excluding carboxylic acids is 1. The van der Waals surface area contributed by atoms with E-state index in [1.54, 1.807) is 13.0 Å². The molecule has 4 atom stereocenters. The SMILES string of the molecule is Cc1cc(CNC(=O)[C@H]2[C@H](C(=O)O)[C@H]3CC[C@@H]2C32CC2)no1. The molecule has 1 aromatic heterocycles. The fraction of sp³-hybridized carbons (Fsp3) is 0.688. The third-order valence-electron chi connectivity index (χ3n) is 6.06. The summed E-state index contributed by atoms with van der Waals surface area (Å²) in [6.07, 6.45) is 4.15. The first kappa shape index (κ1) is 13.8. The molecule has 1 heterocycles. The lowest BCUT2D eigenvalue weighted by molar-refractivity contribution is -0.149. The van der Waals surface area contributed by atoms with Crippen molar-refractivity contribution in [3.05, 3.63) is 17.5 Å². The average molecular weight is 304 g/mol. The van der Waals surface area contributed by atoms with Crippen LogP contribution in [0.5, 0.6) is 0 Å². The molecule has 4 rings (SSSR count). The van der Waals surface area contributed by atoms with Crippen molar-refractivity contribution in [1.29, 1.82) is 0 Å². The second-order valence-electron chi connectivity index (χ2n) is 7.06. The molecular weight excluding hydrogens is 284 g/mol. The number of carbonyl (C=O) groups is 2. The van der Waals surface area contributed by atoms with Crippen molar-refractivity contribution < 1.29 is 19.2 Å². The fourth-order valence-corrected chi connectivity index (χ4v) is 5.14. The van der Waals surface area contributed by atoms with Gasteiger partial charge in [-0.15, -0.1) is 0 Å². The van der Waals surface area contributed by atoms with Crippen LogP contribution in [0.15, 0.2) is 10.6 Å². The maximum Gasteiger partial charge on any atom is 0.307 e. The number of aliphatic carboxylic acids is 1. The van der Waals surface area contributed by atoms with Gasteiger partial charge in [0.15, 0.2) is 0 Å². The molecule has 2 bridgehead atoms. The summed E-state index contributed by atoms with van der Waals surface area (Å²) in [5.74, 6) is -0.698. The third kappa shape index (κ3) is 1.82. The summed E-state index contributed by atoms with van der Waals surface area (Å²) in [6.45, 7) is 2.09. The summed E-state index contributed by atoms with van der Waals surface area (Å²) < 4.78 is 4.98. The number of carboxylic acid groups (broad SMARTS) is 1. The van der Waals surface area contributed by atoms with Crippen molar-refractivity contribution in [2.24, 2.45) is 29.1 Å². The van der Waals surface area contributed by atoms with Crippen LogP contribution in [0.1, 0.15) is 37.1 Å². The van der Waals surface area contributed by atoms with E-state index < -0.39 is 11.9 Å². The molecule has 1 spiro atoms. The largest absolute Gasteiger partial charge is 0.481 e. The molecule has 2 N–H and O–H groups in total. The van der Waals surface area contributed by atoms with Gasteiger partial charge in [-0.25, -0.2) is 0 Å². The molecule has 0 unspecified atom stereocenters. The topological polar surface area (TPSA) is 92.4 Å². The average Bonchev–Trinajstić information content (AvgIpc) is 2.96. The molecule has 0 aliphatic heterocycles. The van der Waals surface area contributed by atoms with E-state index >= 15 is 0 Å². The summed E-state index contributed by atoms with van der Waals surface area (Å²) in [5.41, 5.74) is 0.831. The van der Waals surface area contributed by atoms with Crippen LogP contribution in [0, 0.1) is 36.0 Å². The van der Waals surface area contributed by atoms with E-state index in [2.05, 4.69) is 10.5 Å². The van der Waals surface area contributed by atoms with Crippen molar-refractivity contribution in [3.63, 3.8) is 0 Å². The van der Waals surface area contributed by atoms with Crippen LogP contribution in [0.2, 0.25) is 0 Å². The van der Waals surface area contributed by atoms with E-state index in [0.717, 1.165) is 25.7 Å². The standard InChI is InChI=1S/C16H20N2O4/c1-8-6-9(18-22-8)7-17-14(19)12-10-2-3-11(13(12)15(20)21)16(10)4-5-16/h6,10-13H,2-5,7H2,1H3,(H,17,19)(H,20,21)/t10-,11+,12+,13+/m0/s1. The number of hydrogen-bond donors (Lipinski definition) is 2. The van der Waals surface area contributed by atoms with Gasteiger partial charge in [0, 0.05) is 6.07 Å². The highest BCUT2D eigenvalue weighted by molar-refractivity contribution is 5.86. The first-order valence-electron chi connectivity index (χ1n) is 7.95. The van der Waals surface area contributed by atoms with Crippen LogP contribution in [0.4, 0.5) is 0 Å². The smallest absolute Gasteiger partial charge is 0.307 e. The van der Waals surface area contributed by atoms with Gasteiger partial charge < -0.3 is 14.9 Å².